The van der Waals surface area contributed by atoms with Crippen LogP contribution in [-0.2, 0) is 18.8 Å². The van der Waals surface area contributed by atoms with Crippen molar-refractivity contribution in [3.8, 4) is 11.4 Å². The summed E-state index contributed by atoms with van der Waals surface area (Å²) in [5.41, 5.74) is 3.43. The van der Waals surface area contributed by atoms with Crippen molar-refractivity contribution in [2.24, 2.45) is 0 Å². The number of aromatic nitrogens is 3. The SMILES string of the molecule is COc1cccc(-n2c(CN(C)Cc3ccsc3)nnc2SCc2cccc(Cl)c2)c1. The van der Waals surface area contributed by atoms with Gasteiger partial charge in [0.1, 0.15) is 5.75 Å². The first-order chi connectivity index (χ1) is 15.1. The molecule has 31 heavy (non-hydrogen) atoms. The quantitative estimate of drug-likeness (QED) is 0.284. The lowest BCUT2D eigenvalue weighted by Gasteiger charge is -2.17. The number of ether oxygens (including phenoxy) is 1. The van der Waals surface area contributed by atoms with Crippen molar-refractivity contribution in [3.63, 3.8) is 0 Å². The van der Waals surface area contributed by atoms with E-state index in [0.717, 1.165) is 45.3 Å². The van der Waals surface area contributed by atoms with E-state index in [1.807, 2.05) is 36.4 Å². The molecule has 2 aromatic carbocycles. The molecule has 4 rings (SSSR count). The van der Waals surface area contributed by atoms with Gasteiger partial charge < -0.3 is 4.74 Å². The van der Waals surface area contributed by atoms with Gasteiger partial charge in [0.15, 0.2) is 11.0 Å². The minimum atomic E-state index is 0.678. The minimum Gasteiger partial charge on any atom is -0.497 e. The molecule has 0 saturated heterocycles. The molecule has 0 fully saturated rings. The maximum atomic E-state index is 6.15. The smallest absolute Gasteiger partial charge is 0.196 e. The van der Waals surface area contributed by atoms with Gasteiger partial charge in [0, 0.05) is 23.4 Å². The summed E-state index contributed by atoms with van der Waals surface area (Å²) in [4.78, 5) is 2.24. The Morgan fingerprint density at radius 2 is 1.94 bits per heavy atom. The summed E-state index contributed by atoms with van der Waals surface area (Å²) < 4.78 is 7.55. The van der Waals surface area contributed by atoms with E-state index >= 15 is 0 Å². The fourth-order valence-corrected chi connectivity index (χ4v) is 5.06. The van der Waals surface area contributed by atoms with E-state index in [1.165, 1.54) is 5.56 Å². The fraction of sp³-hybridized carbons (Fsp3) is 0.217. The van der Waals surface area contributed by atoms with Crippen LogP contribution in [0.4, 0.5) is 0 Å². The van der Waals surface area contributed by atoms with Gasteiger partial charge in [-0.2, -0.15) is 11.3 Å². The molecule has 0 radical (unpaired) electrons. The summed E-state index contributed by atoms with van der Waals surface area (Å²) in [6.07, 6.45) is 0. The van der Waals surface area contributed by atoms with Crippen LogP contribution in [-0.4, -0.2) is 33.8 Å². The first-order valence-corrected chi connectivity index (χ1v) is 12.1. The van der Waals surface area contributed by atoms with E-state index in [2.05, 4.69) is 55.7 Å². The van der Waals surface area contributed by atoms with Crippen molar-refractivity contribution >= 4 is 34.7 Å². The predicted octanol–water partition coefficient (Wildman–Crippen LogP) is 5.92. The Kier molecular flexibility index (Phi) is 7.29. The average Bonchev–Trinajstić information content (AvgIpc) is 3.42. The van der Waals surface area contributed by atoms with Gasteiger partial charge in [-0.25, -0.2) is 0 Å². The van der Waals surface area contributed by atoms with Crippen molar-refractivity contribution in [1.29, 1.82) is 0 Å². The highest BCUT2D eigenvalue weighted by atomic mass is 35.5. The first kappa shape index (κ1) is 21.9. The zero-order valence-electron chi connectivity index (χ0n) is 17.4. The predicted molar refractivity (Wildman–Crippen MR) is 128 cm³/mol. The molecule has 2 aromatic heterocycles. The Bertz CT molecular complexity index is 1130. The van der Waals surface area contributed by atoms with Crippen LogP contribution in [0.3, 0.4) is 0 Å². The molecule has 0 atom stereocenters. The van der Waals surface area contributed by atoms with Gasteiger partial charge in [0.2, 0.25) is 0 Å². The van der Waals surface area contributed by atoms with Crippen LogP contribution in [0.2, 0.25) is 5.02 Å². The van der Waals surface area contributed by atoms with Crippen molar-refractivity contribution < 1.29 is 4.74 Å². The maximum absolute atomic E-state index is 6.15. The van der Waals surface area contributed by atoms with Crippen molar-refractivity contribution in [2.45, 2.75) is 24.0 Å². The first-order valence-electron chi connectivity index (χ1n) is 9.78. The number of thioether (sulfide) groups is 1. The summed E-state index contributed by atoms with van der Waals surface area (Å²) in [6, 6.07) is 18.0. The minimum absolute atomic E-state index is 0.678. The second-order valence-corrected chi connectivity index (χ2v) is 9.32. The zero-order chi connectivity index (χ0) is 21.6. The Morgan fingerprint density at radius 3 is 2.71 bits per heavy atom. The van der Waals surface area contributed by atoms with E-state index < -0.39 is 0 Å². The lowest BCUT2D eigenvalue weighted by Crippen LogP contribution is -2.19. The average molecular weight is 471 g/mol. The van der Waals surface area contributed by atoms with Crippen LogP contribution in [0, 0.1) is 0 Å². The largest absolute Gasteiger partial charge is 0.497 e. The van der Waals surface area contributed by atoms with Gasteiger partial charge in [-0.3, -0.25) is 9.47 Å². The molecule has 0 aliphatic carbocycles. The van der Waals surface area contributed by atoms with Gasteiger partial charge >= 0.3 is 0 Å². The highest BCUT2D eigenvalue weighted by molar-refractivity contribution is 7.98. The number of benzene rings is 2. The second-order valence-electron chi connectivity index (χ2n) is 7.16. The highest BCUT2D eigenvalue weighted by Crippen LogP contribution is 2.28. The van der Waals surface area contributed by atoms with E-state index in [9.17, 15) is 0 Å². The molecule has 0 N–H and O–H groups in total. The maximum Gasteiger partial charge on any atom is 0.196 e. The van der Waals surface area contributed by atoms with Crippen molar-refractivity contribution in [2.75, 3.05) is 14.2 Å². The third-order valence-corrected chi connectivity index (χ3v) is 6.68. The number of halogens is 1. The molecule has 8 heteroatoms. The lowest BCUT2D eigenvalue weighted by molar-refractivity contribution is 0.308. The number of rotatable bonds is 9. The monoisotopic (exact) mass is 470 g/mol. The molecule has 0 bridgehead atoms. The molecule has 0 aliphatic heterocycles. The van der Waals surface area contributed by atoms with Gasteiger partial charge in [-0.05, 0) is 59.3 Å². The molecule has 0 aliphatic rings. The number of methoxy groups -OCH3 is 1. The Balaban J connectivity index is 1.61. The molecule has 0 amide bonds. The fourth-order valence-electron chi connectivity index (χ4n) is 3.27. The van der Waals surface area contributed by atoms with E-state index in [4.69, 9.17) is 16.3 Å². The number of hydrogen-bond acceptors (Lipinski definition) is 6. The van der Waals surface area contributed by atoms with Crippen LogP contribution < -0.4 is 4.74 Å². The third kappa shape index (κ3) is 5.68. The molecule has 2 heterocycles. The number of thiophene rings is 1. The van der Waals surface area contributed by atoms with E-state index in [0.29, 0.717) is 6.54 Å². The van der Waals surface area contributed by atoms with E-state index in [1.54, 1.807) is 30.2 Å². The molecule has 160 valence electrons. The normalized spacial score (nSPS) is 11.2. The van der Waals surface area contributed by atoms with Crippen molar-refractivity contribution in [3.05, 3.63) is 87.3 Å². The Hall–Kier alpha value is -2.32. The summed E-state index contributed by atoms with van der Waals surface area (Å²) in [7, 11) is 3.77. The molecular weight excluding hydrogens is 448 g/mol. The van der Waals surface area contributed by atoms with Gasteiger partial charge in [-0.15, -0.1) is 10.2 Å². The standard InChI is InChI=1S/C23H23ClN4OS2/c1-27(13-18-9-10-30-15-18)14-22-25-26-23(31-16-17-5-3-6-19(24)11-17)28(22)20-7-4-8-21(12-20)29-2/h3-12,15H,13-14,16H2,1-2H3. The zero-order valence-corrected chi connectivity index (χ0v) is 19.8. The summed E-state index contributed by atoms with van der Waals surface area (Å²) >= 11 is 9.50. The summed E-state index contributed by atoms with van der Waals surface area (Å²) in [5.74, 6) is 2.45. The Labute approximate surface area is 195 Å². The van der Waals surface area contributed by atoms with Crippen LogP contribution >= 0.6 is 34.7 Å². The second kappa shape index (κ2) is 10.3. The van der Waals surface area contributed by atoms with Crippen LogP contribution in [0.15, 0.2) is 70.5 Å². The summed E-state index contributed by atoms with van der Waals surface area (Å²) in [6.45, 7) is 1.54. The molecule has 0 unspecified atom stereocenters. The van der Waals surface area contributed by atoms with Gasteiger partial charge in [0.05, 0.1) is 19.3 Å². The third-order valence-electron chi connectivity index (χ3n) is 4.71. The topological polar surface area (TPSA) is 43.2 Å². The molecule has 0 saturated carbocycles. The van der Waals surface area contributed by atoms with Gasteiger partial charge in [0.25, 0.3) is 0 Å². The lowest BCUT2D eigenvalue weighted by atomic mass is 10.2. The Morgan fingerprint density at radius 1 is 1.06 bits per heavy atom. The molecule has 4 aromatic rings. The van der Waals surface area contributed by atoms with E-state index in [-0.39, 0.29) is 0 Å². The molecule has 0 spiro atoms. The summed E-state index contributed by atoms with van der Waals surface area (Å²) in [5, 5.41) is 14.9. The highest BCUT2D eigenvalue weighted by Gasteiger charge is 2.17. The van der Waals surface area contributed by atoms with Crippen molar-refractivity contribution in [1.82, 2.24) is 19.7 Å². The molecular formula is C23H23ClN4OS2. The van der Waals surface area contributed by atoms with Crippen LogP contribution in [0.25, 0.3) is 5.69 Å². The van der Waals surface area contributed by atoms with Gasteiger partial charge in [-0.1, -0.05) is 41.6 Å². The van der Waals surface area contributed by atoms with Crippen LogP contribution in [0.5, 0.6) is 5.75 Å². The molecule has 5 nitrogen and oxygen atoms in total. The number of hydrogen-bond donors (Lipinski definition) is 0. The van der Waals surface area contributed by atoms with Crippen LogP contribution in [0.1, 0.15) is 17.0 Å². The number of nitrogens with zero attached hydrogens (tertiary/aromatic N) is 4.